The van der Waals surface area contributed by atoms with Crippen molar-refractivity contribution in [3.05, 3.63) is 6.33 Å². The SMILES string of the molecule is CC(C)n1cnnc1SCC(=O)N(CCO)CC(F)(F)F. The van der Waals surface area contributed by atoms with Crippen molar-refractivity contribution in [2.45, 2.75) is 31.2 Å². The molecule has 0 radical (unpaired) electrons. The molecule has 0 atom stereocenters. The second-order valence-electron chi connectivity index (χ2n) is 4.56. The van der Waals surface area contributed by atoms with Crippen LogP contribution in [0.15, 0.2) is 11.5 Å². The Bertz CT molecular complexity index is 465. The highest BCUT2D eigenvalue weighted by molar-refractivity contribution is 7.99. The van der Waals surface area contributed by atoms with E-state index in [1.165, 1.54) is 6.33 Å². The zero-order valence-corrected chi connectivity index (χ0v) is 12.5. The van der Waals surface area contributed by atoms with Crippen molar-refractivity contribution in [1.82, 2.24) is 19.7 Å². The maximum absolute atomic E-state index is 12.4. The fraction of sp³-hybridized carbons (Fsp3) is 0.727. The second-order valence-corrected chi connectivity index (χ2v) is 5.50. The van der Waals surface area contributed by atoms with E-state index in [1.807, 2.05) is 13.8 Å². The molecule has 1 N–H and O–H groups in total. The molecule has 0 saturated heterocycles. The lowest BCUT2D eigenvalue weighted by molar-refractivity contribution is -0.160. The van der Waals surface area contributed by atoms with Crippen molar-refractivity contribution in [2.75, 3.05) is 25.4 Å². The minimum Gasteiger partial charge on any atom is -0.395 e. The minimum absolute atomic E-state index is 0.0846. The van der Waals surface area contributed by atoms with Crippen molar-refractivity contribution in [2.24, 2.45) is 0 Å². The summed E-state index contributed by atoms with van der Waals surface area (Å²) in [5.74, 6) is -0.897. The number of amides is 1. The van der Waals surface area contributed by atoms with Crippen LogP contribution in [0.25, 0.3) is 0 Å². The smallest absolute Gasteiger partial charge is 0.395 e. The van der Waals surface area contributed by atoms with Crippen LogP contribution in [0.4, 0.5) is 13.2 Å². The first-order chi connectivity index (χ1) is 9.74. The molecule has 0 bridgehead atoms. The van der Waals surface area contributed by atoms with Gasteiger partial charge in [0.15, 0.2) is 5.16 Å². The van der Waals surface area contributed by atoms with Gasteiger partial charge in [0.25, 0.3) is 0 Å². The van der Waals surface area contributed by atoms with E-state index in [9.17, 15) is 18.0 Å². The van der Waals surface area contributed by atoms with E-state index >= 15 is 0 Å². The Morgan fingerprint density at radius 2 is 2.19 bits per heavy atom. The molecular weight excluding hydrogens is 309 g/mol. The number of nitrogens with zero attached hydrogens (tertiary/aromatic N) is 4. The number of halogens is 3. The van der Waals surface area contributed by atoms with Gasteiger partial charge in [-0.2, -0.15) is 13.2 Å². The molecule has 0 unspecified atom stereocenters. The quantitative estimate of drug-likeness (QED) is 0.766. The first-order valence-corrected chi connectivity index (χ1v) is 7.21. The van der Waals surface area contributed by atoms with Crippen molar-refractivity contribution < 1.29 is 23.1 Å². The van der Waals surface area contributed by atoms with E-state index in [0.717, 1.165) is 11.8 Å². The molecule has 1 aromatic rings. The number of hydrogen-bond acceptors (Lipinski definition) is 5. The van der Waals surface area contributed by atoms with Gasteiger partial charge in [-0.05, 0) is 13.8 Å². The average molecular weight is 326 g/mol. The maximum Gasteiger partial charge on any atom is 0.406 e. The summed E-state index contributed by atoms with van der Waals surface area (Å²) in [5, 5.41) is 16.8. The Labute approximate surface area is 124 Å². The highest BCUT2D eigenvalue weighted by atomic mass is 32.2. The number of carbonyl (C=O) groups excluding carboxylic acids is 1. The summed E-state index contributed by atoms with van der Waals surface area (Å²) in [6, 6.07) is 0.0846. The topological polar surface area (TPSA) is 71.2 Å². The molecule has 0 fully saturated rings. The zero-order chi connectivity index (χ0) is 16.0. The fourth-order valence-corrected chi connectivity index (χ4v) is 2.48. The van der Waals surface area contributed by atoms with E-state index in [2.05, 4.69) is 10.2 Å². The van der Waals surface area contributed by atoms with E-state index in [-0.39, 0.29) is 18.3 Å². The molecule has 0 aliphatic rings. The van der Waals surface area contributed by atoms with Crippen LogP contribution in [-0.4, -0.2) is 62.3 Å². The van der Waals surface area contributed by atoms with Crippen LogP contribution in [-0.2, 0) is 4.79 Å². The summed E-state index contributed by atoms with van der Waals surface area (Å²) < 4.78 is 38.8. The minimum atomic E-state index is -4.49. The molecule has 21 heavy (non-hydrogen) atoms. The second kappa shape index (κ2) is 7.64. The van der Waals surface area contributed by atoms with Crippen LogP contribution >= 0.6 is 11.8 Å². The summed E-state index contributed by atoms with van der Waals surface area (Å²) in [6.07, 6.45) is -2.99. The van der Waals surface area contributed by atoms with Crippen LogP contribution in [0.3, 0.4) is 0 Å². The van der Waals surface area contributed by atoms with Crippen LogP contribution in [0, 0.1) is 0 Å². The summed E-state index contributed by atoms with van der Waals surface area (Å²) >= 11 is 1.02. The Morgan fingerprint density at radius 1 is 1.52 bits per heavy atom. The number of carbonyl (C=O) groups is 1. The summed E-state index contributed by atoms with van der Waals surface area (Å²) in [5.41, 5.74) is 0. The normalized spacial score (nSPS) is 12.0. The highest BCUT2D eigenvalue weighted by Crippen LogP contribution is 2.21. The van der Waals surface area contributed by atoms with Gasteiger partial charge in [-0.15, -0.1) is 10.2 Å². The predicted molar refractivity (Wildman–Crippen MR) is 70.9 cm³/mol. The van der Waals surface area contributed by atoms with Crippen molar-refractivity contribution >= 4 is 17.7 Å². The first kappa shape index (κ1) is 17.8. The molecule has 0 aliphatic heterocycles. The molecule has 0 aromatic carbocycles. The third-order valence-electron chi connectivity index (χ3n) is 2.51. The van der Waals surface area contributed by atoms with Crippen molar-refractivity contribution in [3.63, 3.8) is 0 Å². The summed E-state index contributed by atoms with van der Waals surface area (Å²) in [6.45, 7) is 1.56. The molecule has 0 spiro atoms. The third kappa shape index (κ3) is 5.92. The molecule has 10 heteroatoms. The molecule has 6 nitrogen and oxygen atoms in total. The van der Waals surface area contributed by atoms with Crippen molar-refractivity contribution in [3.8, 4) is 0 Å². The predicted octanol–water partition coefficient (Wildman–Crippen LogP) is 1.33. The summed E-state index contributed by atoms with van der Waals surface area (Å²) in [4.78, 5) is 12.4. The number of thioether (sulfide) groups is 1. The Kier molecular flexibility index (Phi) is 6.46. The van der Waals surface area contributed by atoms with Gasteiger partial charge < -0.3 is 14.6 Å². The van der Waals surface area contributed by atoms with Crippen LogP contribution in [0.2, 0.25) is 0 Å². The van der Waals surface area contributed by atoms with Gasteiger partial charge in [-0.1, -0.05) is 11.8 Å². The van der Waals surface area contributed by atoms with E-state index < -0.39 is 25.2 Å². The number of alkyl halides is 3. The van der Waals surface area contributed by atoms with Gasteiger partial charge in [0.1, 0.15) is 12.9 Å². The Morgan fingerprint density at radius 3 is 2.71 bits per heavy atom. The average Bonchev–Trinajstić information content (AvgIpc) is 2.82. The molecule has 1 heterocycles. The fourth-order valence-electron chi connectivity index (χ4n) is 1.54. The Balaban J connectivity index is 2.63. The van der Waals surface area contributed by atoms with Crippen LogP contribution in [0.1, 0.15) is 19.9 Å². The monoisotopic (exact) mass is 326 g/mol. The number of aromatic nitrogens is 3. The molecular formula is C11H17F3N4O2S. The number of aliphatic hydroxyl groups is 1. The maximum atomic E-state index is 12.4. The number of hydrogen-bond donors (Lipinski definition) is 1. The Hall–Kier alpha value is -1.29. The molecule has 0 saturated carbocycles. The molecule has 120 valence electrons. The van der Waals surface area contributed by atoms with Gasteiger partial charge in [-0.25, -0.2) is 0 Å². The highest BCUT2D eigenvalue weighted by Gasteiger charge is 2.32. The van der Waals surface area contributed by atoms with Crippen molar-refractivity contribution in [1.29, 1.82) is 0 Å². The summed E-state index contributed by atoms with van der Waals surface area (Å²) in [7, 11) is 0. The van der Waals surface area contributed by atoms with Gasteiger partial charge in [-0.3, -0.25) is 4.79 Å². The lowest BCUT2D eigenvalue weighted by atomic mass is 10.4. The largest absolute Gasteiger partial charge is 0.406 e. The molecule has 0 aliphatic carbocycles. The lowest BCUT2D eigenvalue weighted by Gasteiger charge is -2.22. The standard InChI is InChI=1S/C11H17F3N4O2S/c1-8(2)18-7-15-16-10(18)21-5-9(20)17(3-4-19)6-11(12,13)14/h7-8,19H,3-6H2,1-2H3. The van der Waals surface area contributed by atoms with Gasteiger partial charge in [0.05, 0.1) is 12.4 Å². The van der Waals surface area contributed by atoms with Gasteiger partial charge in [0, 0.05) is 12.6 Å². The van der Waals surface area contributed by atoms with E-state index in [0.29, 0.717) is 10.1 Å². The molecule has 1 rings (SSSR count). The third-order valence-corrected chi connectivity index (χ3v) is 3.46. The van der Waals surface area contributed by atoms with Crippen LogP contribution < -0.4 is 0 Å². The molecule has 1 aromatic heterocycles. The van der Waals surface area contributed by atoms with Gasteiger partial charge in [0.2, 0.25) is 5.91 Å². The lowest BCUT2D eigenvalue weighted by Crippen LogP contribution is -2.41. The van der Waals surface area contributed by atoms with E-state index in [1.54, 1.807) is 4.57 Å². The first-order valence-electron chi connectivity index (χ1n) is 6.22. The number of rotatable bonds is 7. The zero-order valence-electron chi connectivity index (χ0n) is 11.7. The van der Waals surface area contributed by atoms with E-state index in [4.69, 9.17) is 5.11 Å². The molecule has 1 amide bonds. The van der Waals surface area contributed by atoms with Crippen LogP contribution in [0.5, 0.6) is 0 Å². The van der Waals surface area contributed by atoms with Gasteiger partial charge >= 0.3 is 6.18 Å². The number of aliphatic hydroxyl groups excluding tert-OH is 1.